The molecule has 0 saturated carbocycles. The molecule has 11 nitrogen and oxygen atoms in total. The summed E-state index contributed by atoms with van der Waals surface area (Å²) in [5.41, 5.74) is 16.8. The maximum absolute atomic E-state index is 13.0. The molecule has 1 aromatic heterocycles. The molecule has 2 heterocycles. The Morgan fingerprint density at radius 1 is 1.20 bits per heavy atom. The Hall–Kier alpha value is -4.76. The molecule has 0 unspecified atom stereocenters. The number of hydrogen-bond acceptors (Lipinski definition) is 6. The van der Waals surface area contributed by atoms with E-state index >= 15 is 0 Å². The van der Waals surface area contributed by atoms with Crippen molar-refractivity contribution >= 4 is 29.2 Å². The number of nitrogens with zero attached hydrogens (tertiary/aromatic N) is 6. The van der Waals surface area contributed by atoms with Gasteiger partial charge in [-0.3, -0.25) is 19.3 Å². The number of aromatic nitrogens is 2. The number of nitrogens with one attached hydrogen (secondary N) is 1. The van der Waals surface area contributed by atoms with Crippen LogP contribution in [-0.4, -0.2) is 40.8 Å². The topological polar surface area (TPSA) is 167 Å². The zero-order valence-electron chi connectivity index (χ0n) is 18.9. The lowest BCUT2D eigenvalue weighted by Gasteiger charge is -2.18. The summed E-state index contributed by atoms with van der Waals surface area (Å²) in [7, 11) is 0. The summed E-state index contributed by atoms with van der Waals surface area (Å²) in [6, 6.07) is 14.0. The van der Waals surface area contributed by atoms with Crippen LogP contribution < -0.4 is 16.0 Å². The highest BCUT2D eigenvalue weighted by Crippen LogP contribution is 2.37. The Kier molecular flexibility index (Phi) is 6.70. The molecule has 11 heteroatoms. The summed E-state index contributed by atoms with van der Waals surface area (Å²) in [6.07, 6.45) is 0.416. The standard InChI is InChI=1S/C24H22N8O3/c1-14-6-8-15(9-7-14)22-29-20(21(25)34)18-13-19(33)32(23(18)30-22)17-5-2-4-16(12-17)24(35)27-10-3-11-28-31-26/h2,4-9,12H,3,10-11,13H2,1H3,(H2,25,34)(H,27,35). The Labute approximate surface area is 200 Å². The van der Waals surface area contributed by atoms with Gasteiger partial charge in [-0.2, -0.15) is 0 Å². The van der Waals surface area contributed by atoms with E-state index in [2.05, 4.69) is 25.3 Å². The average molecular weight is 470 g/mol. The van der Waals surface area contributed by atoms with Crippen LogP contribution in [0.3, 0.4) is 0 Å². The van der Waals surface area contributed by atoms with Crippen molar-refractivity contribution in [3.05, 3.63) is 81.4 Å². The number of fused-ring (bicyclic) bond motifs is 1. The summed E-state index contributed by atoms with van der Waals surface area (Å²) >= 11 is 0. The van der Waals surface area contributed by atoms with E-state index in [9.17, 15) is 14.4 Å². The van der Waals surface area contributed by atoms with E-state index in [1.807, 2.05) is 31.2 Å². The third-order valence-corrected chi connectivity index (χ3v) is 5.47. The first kappa shape index (κ1) is 23.4. The lowest BCUT2D eigenvalue weighted by atomic mass is 10.1. The maximum atomic E-state index is 13.0. The second kappa shape index (κ2) is 10.0. The van der Waals surface area contributed by atoms with E-state index in [-0.39, 0.29) is 42.1 Å². The first-order valence-corrected chi connectivity index (χ1v) is 10.9. The van der Waals surface area contributed by atoms with Gasteiger partial charge in [0.1, 0.15) is 11.5 Å². The molecule has 1 aliphatic rings. The Morgan fingerprint density at radius 3 is 2.69 bits per heavy atom. The predicted molar refractivity (Wildman–Crippen MR) is 129 cm³/mol. The average Bonchev–Trinajstić information content (AvgIpc) is 3.19. The van der Waals surface area contributed by atoms with Crippen molar-refractivity contribution in [1.29, 1.82) is 0 Å². The van der Waals surface area contributed by atoms with Crippen LogP contribution in [0.25, 0.3) is 21.8 Å². The van der Waals surface area contributed by atoms with Crippen molar-refractivity contribution in [2.75, 3.05) is 18.0 Å². The Balaban J connectivity index is 1.69. The second-order valence-electron chi connectivity index (χ2n) is 7.95. The van der Waals surface area contributed by atoms with Crippen LogP contribution in [0, 0.1) is 6.92 Å². The molecule has 35 heavy (non-hydrogen) atoms. The highest BCUT2D eigenvalue weighted by atomic mass is 16.2. The summed E-state index contributed by atoms with van der Waals surface area (Å²) in [5.74, 6) is -0.863. The van der Waals surface area contributed by atoms with Crippen molar-refractivity contribution in [1.82, 2.24) is 15.3 Å². The SMILES string of the molecule is Cc1ccc(-c2nc(C(N)=O)c3c(n2)N(c2cccc(C(=O)NCCCN=[N+]=[N-])c2)C(=O)C3)cc1. The monoisotopic (exact) mass is 470 g/mol. The second-order valence-corrected chi connectivity index (χ2v) is 7.95. The smallest absolute Gasteiger partial charge is 0.267 e. The van der Waals surface area contributed by atoms with E-state index < -0.39 is 5.91 Å². The minimum atomic E-state index is -0.750. The minimum absolute atomic E-state index is 0.00430. The van der Waals surface area contributed by atoms with Crippen LogP contribution in [0.1, 0.15) is 38.4 Å². The molecule has 3 aromatic rings. The van der Waals surface area contributed by atoms with Crippen LogP contribution in [-0.2, 0) is 11.2 Å². The number of carbonyl (C=O) groups excluding carboxylic acids is 3. The highest BCUT2D eigenvalue weighted by molar-refractivity contribution is 6.10. The fraction of sp³-hybridized carbons (Fsp3) is 0.208. The quantitative estimate of drug-likeness (QED) is 0.223. The summed E-state index contributed by atoms with van der Waals surface area (Å²) < 4.78 is 0. The molecule has 0 radical (unpaired) electrons. The number of carbonyl (C=O) groups is 3. The zero-order chi connectivity index (χ0) is 24.9. The van der Waals surface area contributed by atoms with Crippen molar-refractivity contribution < 1.29 is 14.4 Å². The van der Waals surface area contributed by atoms with Crippen LogP contribution in [0.4, 0.5) is 11.5 Å². The number of anilines is 2. The summed E-state index contributed by atoms with van der Waals surface area (Å²) in [5, 5.41) is 6.18. The van der Waals surface area contributed by atoms with Gasteiger partial charge in [0.15, 0.2) is 5.82 Å². The molecule has 0 atom stereocenters. The van der Waals surface area contributed by atoms with Gasteiger partial charge >= 0.3 is 0 Å². The summed E-state index contributed by atoms with van der Waals surface area (Å²) in [4.78, 5) is 50.8. The number of nitrogens with two attached hydrogens (primary N) is 1. The van der Waals surface area contributed by atoms with Crippen LogP contribution >= 0.6 is 0 Å². The van der Waals surface area contributed by atoms with E-state index in [4.69, 9.17) is 11.3 Å². The number of amides is 3. The van der Waals surface area contributed by atoms with Crippen LogP contribution in [0.2, 0.25) is 0 Å². The Bertz CT molecular complexity index is 1360. The first-order chi connectivity index (χ1) is 16.9. The van der Waals surface area contributed by atoms with E-state index in [1.54, 1.807) is 24.3 Å². The molecule has 2 aromatic carbocycles. The number of azide groups is 1. The van der Waals surface area contributed by atoms with Gasteiger partial charge in [0.25, 0.3) is 11.8 Å². The third kappa shape index (κ3) is 4.94. The van der Waals surface area contributed by atoms with E-state index in [1.165, 1.54) is 4.90 Å². The number of benzene rings is 2. The summed E-state index contributed by atoms with van der Waals surface area (Å²) in [6.45, 7) is 2.57. The predicted octanol–water partition coefficient (Wildman–Crippen LogP) is 3.20. The van der Waals surface area contributed by atoms with Gasteiger partial charge in [0.05, 0.1) is 12.1 Å². The normalized spacial score (nSPS) is 12.1. The lowest BCUT2D eigenvalue weighted by molar-refractivity contribution is -0.116. The molecule has 0 saturated heterocycles. The Morgan fingerprint density at radius 2 is 1.97 bits per heavy atom. The lowest BCUT2D eigenvalue weighted by Crippen LogP contribution is -2.26. The molecule has 1 aliphatic heterocycles. The molecule has 4 rings (SSSR count). The van der Waals surface area contributed by atoms with Crippen LogP contribution in [0.5, 0.6) is 0 Å². The highest BCUT2D eigenvalue weighted by Gasteiger charge is 2.35. The van der Waals surface area contributed by atoms with Crippen molar-refractivity contribution in [3.63, 3.8) is 0 Å². The molecule has 176 valence electrons. The van der Waals surface area contributed by atoms with Gasteiger partial charge in [0.2, 0.25) is 5.91 Å². The number of primary amides is 1. The molecule has 3 N–H and O–H groups in total. The minimum Gasteiger partial charge on any atom is -0.364 e. The molecular formula is C24H22N8O3. The molecular weight excluding hydrogens is 448 g/mol. The first-order valence-electron chi connectivity index (χ1n) is 10.9. The largest absolute Gasteiger partial charge is 0.364 e. The molecule has 3 amide bonds. The molecule has 0 fully saturated rings. The fourth-order valence-electron chi connectivity index (χ4n) is 3.75. The van der Waals surface area contributed by atoms with Gasteiger partial charge in [-0.1, -0.05) is 41.0 Å². The number of rotatable bonds is 8. The van der Waals surface area contributed by atoms with Crippen molar-refractivity contribution in [2.24, 2.45) is 10.8 Å². The number of aryl methyl sites for hydroxylation is 1. The van der Waals surface area contributed by atoms with Gasteiger partial charge < -0.3 is 11.1 Å². The van der Waals surface area contributed by atoms with Gasteiger partial charge in [0, 0.05) is 34.7 Å². The van der Waals surface area contributed by atoms with Gasteiger partial charge in [-0.15, -0.1) is 0 Å². The molecule has 0 bridgehead atoms. The zero-order valence-corrected chi connectivity index (χ0v) is 18.9. The molecule has 0 aliphatic carbocycles. The number of hydrogen-bond donors (Lipinski definition) is 2. The molecule has 0 spiro atoms. The van der Waals surface area contributed by atoms with Crippen molar-refractivity contribution in [2.45, 2.75) is 19.8 Å². The van der Waals surface area contributed by atoms with Crippen LogP contribution in [0.15, 0.2) is 53.6 Å². The fourth-order valence-corrected chi connectivity index (χ4v) is 3.75. The van der Waals surface area contributed by atoms with Gasteiger partial charge in [-0.25, -0.2) is 9.97 Å². The third-order valence-electron chi connectivity index (χ3n) is 5.47. The van der Waals surface area contributed by atoms with E-state index in [0.29, 0.717) is 35.3 Å². The van der Waals surface area contributed by atoms with Crippen molar-refractivity contribution in [3.8, 4) is 11.4 Å². The van der Waals surface area contributed by atoms with Gasteiger partial charge in [-0.05, 0) is 37.1 Å². The maximum Gasteiger partial charge on any atom is 0.267 e. The van der Waals surface area contributed by atoms with E-state index in [0.717, 1.165) is 5.56 Å².